The summed E-state index contributed by atoms with van der Waals surface area (Å²) in [5.74, 6) is 1.63. The molecule has 2 atom stereocenters. The zero-order valence-corrected chi connectivity index (χ0v) is 27.5. The first-order valence-electron chi connectivity index (χ1n) is 15.6. The quantitative estimate of drug-likeness (QED) is 0.255. The summed E-state index contributed by atoms with van der Waals surface area (Å²) < 4.78 is 34.3. The lowest BCUT2D eigenvalue weighted by atomic mass is 9.75. The van der Waals surface area contributed by atoms with E-state index in [1.807, 2.05) is 36.4 Å². The zero-order chi connectivity index (χ0) is 31.3. The highest BCUT2D eigenvalue weighted by molar-refractivity contribution is 7.89. The van der Waals surface area contributed by atoms with Gasteiger partial charge in [0.05, 0.1) is 18.0 Å². The number of fused-ring (bicyclic) bond motifs is 1. The maximum Gasteiger partial charge on any atom is 0.243 e. The number of methoxy groups -OCH3 is 1. The van der Waals surface area contributed by atoms with Crippen molar-refractivity contribution in [1.29, 1.82) is 0 Å². The first kappa shape index (κ1) is 32.5. The Hall–Kier alpha value is -2.91. The Labute approximate surface area is 267 Å². The number of ether oxygens (including phenoxy) is 1. The fourth-order valence-corrected chi connectivity index (χ4v) is 8.85. The lowest BCUT2D eigenvalue weighted by Crippen LogP contribution is -2.42. The first-order chi connectivity index (χ1) is 21.2. The van der Waals surface area contributed by atoms with Gasteiger partial charge in [0, 0.05) is 30.6 Å². The average molecular weight is 638 g/mol. The molecular weight excluding hydrogens is 594 g/mol. The third-order valence-electron chi connectivity index (χ3n) is 9.39. The van der Waals surface area contributed by atoms with Crippen LogP contribution in [0.5, 0.6) is 5.75 Å². The second-order valence-electron chi connectivity index (χ2n) is 12.3. The SMILES string of the molecule is COc1ccc(S(=O)(=O)N2CCc3ccccc3C2CC(=O)NCCC2CCC(C(c3ccc(Cl)cc3)N(C)C)CC2)cc1. The van der Waals surface area contributed by atoms with Gasteiger partial charge < -0.3 is 15.0 Å². The van der Waals surface area contributed by atoms with Crippen LogP contribution in [0.25, 0.3) is 0 Å². The zero-order valence-electron chi connectivity index (χ0n) is 25.9. The van der Waals surface area contributed by atoms with Gasteiger partial charge in [0.1, 0.15) is 5.75 Å². The van der Waals surface area contributed by atoms with E-state index in [4.69, 9.17) is 16.3 Å². The minimum atomic E-state index is -3.82. The molecule has 2 unspecified atom stereocenters. The number of hydrogen-bond acceptors (Lipinski definition) is 5. The van der Waals surface area contributed by atoms with Crippen molar-refractivity contribution < 1.29 is 17.9 Å². The summed E-state index contributed by atoms with van der Waals surface area (Å²) in [6.07, 6.45) is 6.22. The molecule has 0 saturated heterocycles. The molecule has 1 saturated carbocycles. The molecule has 5 rings (SSSR count). The maximum atomic E-state index is 13.8. The number of nitrogens with one attached hydrogen (secondary N) is 1. The highest BCUT2D eigenvalue weighted by Gasteiger charge is 2.37. The van der Waals surface area contributed by atoms with E-state index in [-0.39, 0.29) is 17.2 Å². The van der Waals surface area contributed by atoms with E-state index < -0.39 is 16.1 Å². The molecule has 0 aromatic heterocycles. The summed E-state index contributed by atoms with van der Waals surface area (Å²) in [7, 11) is 2.03. The Bertz CT molecular complexity index is 1500. The van der Waals surface area contributed by atoms with Crippen LogP contribution in [0.3, 0.4) is 0 Å². The van der Waals surface area contributed by atoms with Crippen molar-refractivity contribution in [2.24, 2.45) is 11.8 Å². The van der Waals surface area contributed by atoms with Crippen LogP contribution in [0, 0.1) is 11.8 Å². The van der Waals surface area contributed by atoms with Crippen LogP contribution in [0.2, 0.25) is 5.02 Å². The molecule has 236 valence electrons. The van der Waals surface area contributed by atoms with Gasteiger partial charge in [0.15, 0.2) is 0 Å². The molecule has 3 aromatic rings. The van der Waals surface area contributed by atoms with Crippen molar-refractivity contribution in [1.82, 2.24) is 14.5 Å². The second-order valence-corrected chi connectivity index (χ2v) is 14.7. The van der Waals surface area contributed by atoms with Gasteiger partial charge in [-0.25, -0.2) is 8.42 Å². The standard InChI is InChI=1S/C35H44ClN3O4S/c1-38(2)35(28-12-14-29(36)15-13-28)27-10-8-25(9-11-27)20-22-37-34(40)24-33-32-7-5-4-6-26(32)21-23-39(33)44(41,42)31-18-16-30(43-3)17-19-31/h4-7,12-19,25,27,33,35H,8-11,20-24H2,1-3H3,(H,37,40). The normalized spacial score (nSPS) is 21.4. The predicted octanol–water partition coefficient (Wildman–Crippen LogP) is 6.64. The van der Waals surface area contributed by atoms with E-state index >= 15 is 0 Å². The second kappa shape index (κ2) is 14.5. The monoisotopic (exact) mass is 637 g/mol. The largest absolute Gasteiger partial charge is 0.497 e. The molecule has 1 N–H and O–H groups in total. The van der Waals surface area contributed by atoms with E-state index in [2.05, 4.69) is 36.4 Å². The maximum absolute atomic E-state index is 13.8. The van der Waals surface area contributed by atoms with Gasteiger partial charge in [-0.05, 0) is 105 Å². The summed E-state index contributed by atoms with van der Waals surface area (Å²) in [6, 6.07) is 22.3. The Morgan fingerprint density at radius 2 is 1.68 bits per heavy atom. The van der Waals surface area contributed by atoms with Gasteiger partial charge in [0.2, 0.25) is 15.9 Å². The van der Waals surface area contributed by atoms with Crippen LogP contribution >= 0.6 is 11.6 Å². The van der Waals surface area contributed by atoms with Gasteiger partial charge in [-0.3, -0.25) is 4.79 Å². The molecule has 3 aromatic carbocycles. The number of amides is 1. The minimum Gasteiger partial charge on any atom is -0.497 e. The fraction of sp³-hybridized carbons (Fsp3) is 0.457. The van der Waals surface area contributed by atoms with Crippen LogP contribution in [0.1, 0.15) is 67.3 Å². The van der Waals surface area contributed by atoms with Crippen LogP contribution in [0.4, 0.5) is 0 Å². The molecule has 0 radical (unpaired) electrons. The Kier molecular flexibility index (Phi) is 10.7. The highest BCUT2D eigenvalue weighted by atomic mass is 35.5. The number of carbonyl (C=O) groups is 1. The van der Waals surface area contributed by atoms with Gasteiger partial charge >= 0.3 is 0 Å². The third kappa shape index (κ3) is 7.48. The van der Waals surface area contributed by atoms with Crippen molar-refractivity contribution in [3.63, 3.8) is 0 Å². The molecule has 7 nitrogen and oxygen atoms in total. The number of sulfonamides is 1. The average Bonchev–Trinajstić information content (AvgIpc) is 3.03. The third-order valence-corrected chi connectivity index (χ3v) is 11.6. The fourth-order valence-electron chi connectivity index (χ4n) is 7.12. The molecule has 9 heteroatoms. The summed E-state index contributed by atoms with van der Waals surface area (Å²) in [4.78, 5) is 15.8. The Morgan fingerprint density at radius 1 is 1.00 bits per heavy atom. The topological polar surface area (TPSA) is 79.0 Å². The summed E-state index contributed by atoms with van der Waals surface area (Å²) in [5, 5.41) is 3.88. The molecule has 44 heavy (non-hydrogen) atoms. The molecule has 1 aliphatic heterocycles. The predicted molar refractivity (Wildman–Crippen MR) is 175 cm³/mol. The summed E-state index contributed by atoms with van der Waals surface area (Å²) in [5.41, 5.74) is 3.31. The number of halogens is 1. The number of carbonyl (C=O) groups excluding carboxylic acids is 1. The van der Waals surface area contributed by atoms with Crippen LogP contribution in [0.15, 0.2) is 77.7 Å². The molecule has 2 aliphatic rings. The van der Waals surface area contributed by atoms with Crippen molar-refractivity contribution in [3.05, 3.63) is 94.5 Å². The number of rotatable bonds is 11. The smallest absolute Gasteiger partial charge is 0.243 e. The molecular formula is C35H44ClN3O4S. The molecule has 1 aliphatic carbocycles. The Morgan fingerprint density at radius 3 is 2.34 bits per heavy atom. The van der Waals surface area contributed by atoms with Crippen LogP contribution in [-0.2, 0) is 21.2 Å². The van der Waals surface area contributed by atoms with E-state index in [1.54, 1.807) is 31.4 Å². The van der Waals surface area contributed by atoms with E-state index in [0.29, 0.717) is 43.1 Å². The van der Waals surface area contributed by atoms with Crippen molar-refractivity contribution in [3.8, 4) is 5.75 Å². The molecule has 1 heterocycles. The molecule has 0 spiro atoms. The number of benzene rings is 3. The molecule has 0 bridgehead atoms. The summed E-state index contributed by atoms with van der Waals surface area (Å²) >= 11 is 6.13. The van der Waals surface area contributed by atoms with Crippen molar-refractivity contribution >= 4 is 27.5 Å². The highest BCUT2D eigenvalue weighted by Crippen LogP contribution is 2.41. The van der Waals surface area contributed by atoms with Gasteiger partial charge in [-0.15, -0.1) is 0 Å². The van der Waals surface area contributed by atoms with Gasteiger partial charge in [0.25, 0.3) is 0 Å². The van der Waals surface area contributed by atoms with Gasteiger partial charge in [-0.1, -0.05) is 60.8 Å². The lowest BCUT2D eigenvalue weighted by Gasteiger charge is -2.38. The number of hydrogen-bond donors (Lipinski definition) is 1. The number of nitrogens with zero attached hydrogens (tertiary/aromatic N) is 2. The van der Waals surface area contributed by atoms with E-state index in [9.17, 15) is 13.2 Å². The Balaban J connectivity index is 1.18. The molecule has 1 amide bonds. The van der Waals surface area contributed by atoms with Crippen LogP contribution < -0.4 is 10.1 Å². The first-order valence-corrected chi connectivity index (χ1v) is 17.4. The van der Waals surface area contributed by atoms with Gasteiger partial charge in [-0.2, -0.15) is 4.31 Å². The van der Waals surface area contributed by atoms with Crippen molar-refractivity contribution in [2.75, 3.05) is 34.3 Å². The van der Waals surface area contributed by atoms with E-state index in [1.165, 1.54) is 9.87 Å². The lowest BCUT2D eigenvalue weighted by molar-refractivity contribution is -0.122. The van der Waals surface area contributed by atoms with E-state index in [0.717, 1.165) is 48.3 Å². The van der Waals surface area contributed by atoms with Crippen molar-refractivity contribution in [2.45, 2.75) is 61.9 Å². The molecule has 1 fully saturated rings. The minimum absolute atomic E-state index is 0.0880. The van der Waals surface area contributed by atoms with Crippen LogP contribution in [-0.4, -0.2) is 57.8 Å². The summed E-state index contributed by atoms with van der Waals surface area (Å²) in [6.45, 7) is 0.929.